The number of nitrogens with one attached hydrogen (secondary N) is 1. The zero-order valence-corrected chi connectivity index (χ0v) is 17.0. The van der Waals surface area contributed by atoms with Crippen molar-refractivity contribution in [2.24, 2.45) is 0 Å². The van der Waals surface area contributed by atoms with Crippen molar-refractivity contribution < 1.29 is 17.9 Å². The summed E-state index contributed by atoms with van der Waals surface area (Å²) in [5.41, 5.74) is 0.761. The molecule has 0 saturated carbocycles. The lowest BCUT2D eigenvalue weighted by atomic mass is 10.0. The molecule has 1 aromatic heterocycles. The minimum Gasteiger partial charge on any atom is -0.489 e. The molecule has 4 nitrogen and oxygen atoms in total. The van der Waals surface area contributed by atoms with E-state index in [0.29, 0.717) is 5.56 Å². The first-order chi connectivity index (χ1) is 14.0. The minimum absolute atomic E-state index is 0. The van der Waals surface area contributed by atoms with Crippen LogP contribution in [0, 0.1) is 0 Å². The van der Waals surface area contributed by atoms with Crippen molar-refractivity contribution in [1.82, 2.24) is 15.1 Å². The number of aromatic nitrogens is 2. The smallest absolute Gasteiger partial charge is 0.417 e. The lowest BCUT2D eigenvalue weighted by molar-refractivity contribution is -0.137. The van der Waals surface area contributed by atoms with Crippen molar-refractivity contribution in [3.8, 4) is 16.9 Å². The molecule has 0 atom stereocenters. The highest BCUT2D eigenvalue weighted by Crippen LogP contribution is 2.39. The number of rotatable bonds is 5. The van der Waals surface area contributed by atoms with Crippen LogP contribution in [0.25, 0.3) is 11.1 Å². The molecular formula is C22H23ClF3N3O. The van der Waals surface area contributed by atoms with Crippen LogP contribution in [-0.4, -0.2) is 22.9 Å². The zero-order valence-electron chi connectivity index (χ0n) is 16.2. The van der Waals surface area contributed by atoms with E-state index in [2.05, 4.69) is 10.4 Å². The van der Waals surface area contributed by atoms with Gasteiger partial charge in [0.25, 0.3) is 0 Å². The van der Waals surface area contributed by atoms with Crippen molar-refractivity contribution in [3.05, 3.63) is 72.1 Å². The first-order valence-electron chi connectivity index (χ1n) is 9.64. The van der Waals surface area contributed by atoms with Gasteiger partial charge in [-0.2, -0.15) is 18.3 Å². The van der Waals surface area contributed by atoms with E-state index in [4.69, 9.17) is 4.74 Å². The van der Waals surface area contributed by atoms with Crippen molar-refractivity contribution in [2.75, 3.05) is 13.1 Å². The summed E-state index contributed by atoms with van der Waals surface area (Å²) in [6, 6.07) is 13.7. The van der Waals surface area contributed by atoms with Crippen molar-refractivity contribution >= 4 is 12.4 Å². The second-order valence-electron chi connectivity index (χ2n) is 7.17. The third-order valence-corrected chi connectivity index (χ3v) is 5.14. The third-order valence-electron chi connectivity index (χ3n) is 5.14. The standard InChI is InChI=1S/C22H22F3N3O.ClH/c23-22(24,25)21-12-19(29-15-16-4-2-1-3-5-16)6-7-20(21)17-13-27-28(14-17)18-8-10-26-11-9-18;/h1-7,12-14,18,26H,8-11,15H2;1H. The van der Waals surface area contributed by atoms with E-state index in [1.165, 1.54) is 12.3 Å². The molecule has 1 N–H and O–H groups in total. The lowest BCUT2D eigenvalue weighted by Gasteiger charge is -2.22. The quantitative estimate of drug-likeness (QED) is 0.573. The summed E-state index contributed by atoms with van der Waals surface area (Å²) in [6.45, 7) is 1.99. The third kappa shape index (κ3) is 5.15. The zero-order chi connectivity index (χ0) is 20.3. The SMILES string of the molecule is Cl.FC(F)(F)c1cc(OCc2ccccc2)ccc1-c1cnn(C2CCNCC2)c1. The minimum atomic E-state index is -4.49. The fourth-order valence-electron chi connectivity index (χ4n) is 3.59. The van der Waals surface area contributed by atoms with Gasteiger partial charge in [-0.3, -0.25) is 4.68 Å². The number of hydrogen-bond acceptors (Lipinski definition) is 3. The van der Waals surface area contributed by atoms with Crippen LogP contribution in [0.4, 0.5) is 13.2 Å². The van der Waals surface area contributed by atoms with E-state index in [1.54, 1.807) is 16.9 Å². The Morgan fingerprint density at radius 1 is 1.07 bits per heavy atom. The van der Waals surface area contributed by atoms with Gasteiger partial charge in [0.1, 0.15) is 12.4 Å². The summed E-state index contributed by atoms with van der Waals surface area (Å²) in [6.07, 6.45) is 0.569. The van der Waals surface area contributed by atoms with Crippen LogP contribution in [-0.2, 0) is 12.8 Å². The molecule has 4 rings (SSSR count). The Bertz CT molecular complexity index is 954. The van der Waals surface area contributed by atoms with Crippen LogP contribution in [0.1, 0.15) is 30.0 Å². The molecule has 8 heteroatoms. The maximum atomic E-state index is 13.7. The van der Waals surface area contributed by atoms with E-state index in [1.807, 2.05) is 30.3 Å². The molecule has 160 valence electrons. The summed E-state index contributed by atoms with van der Waals surface area (Å²) < 4.78 is 48.6. The average Bonchev–Trinajstić information content (AvgIpc) is 3.23. The Hall–Kier alpha value is -2.51. The van der Waals surface area contributed by atoms with Crippen LogP contribution in [0.3, 0.4) is 0 Å². The summed E-state index contributed by atoms with van der Waals surface area (Å²) >= 11 is 0. The number of halogens is 4. The largest absolute Gasteiger partial charge is 0.489 e. The van der Waals surface area contributed by atoms with Crippen molar-refractivity contribution in [1.29, 1.82) is 0 Å². The van der Waals surface area contributed by atoms with E-state index >= 15 is 0 Å². The predicted molar refractivity (Wildman–Crippen MR) is 112 cm³/mol. The Morgan fingerprint density at radius 3 is 2.50 bits per heavy atom. The molecule has 2 aromatic carbocycles. The topological polar surface area (TPSA) is 39.1 Å². The first-order valence-corrected chi connectivity index (χ1v) is 9.64. The molecule has 0 spiro atoms. The van der Waals surface area contributed by atoms with E-state index in [9.17, 15) is 13.2 Å². The molecular weight excluding hydrogens is 415 g/mol. The molecule has 1 aliphatic rings. The molecule has 0 unspecified atom stereocenters. The summed E-state index contributed by atoms with van der Waals surface area (Å²) in [5, 5.41) is 7.61. The second-order valence-corrected chi connectivity index (χ2v) is 7.17. The van der Waals surface area contributed by atoms with E-state index in [-0.39, 0.29) is 36.4 Å². The molecule has 0 amide bonds. The first kappa shape index (κ1) is 22.2. The van der Waals surface area contributed by atoms with Gasteiger partial charge < -0.3 is 10.1 Å². The van der Waals surface area contributed by atoms with Crippen LogP contribution in [0.15, 0.2) is 60.9 Å². The number of alkyl halides is 3. The van der Waals surface area contributed by atoms with Crippen LogP contribution >= 0.6 is 12.4 Å². The Balaban J connectivity index is 0.00000256. The van der Waals surface area contributed by atoms with Gasteiger partial charge in [0.15, 0.2) is 0 Å². The van der Waals surface area contributed by atoms with E-state index < -0.39 is 11.7 Å². The van der Waals surface area contributed by atoms with Gasteiger partial charge in [-0.1, -0.05) is 30.3 Å². The summed E-state index contributed by atoms with van der Waals surface area (Å²) in [4.78, 5) is 0. The fraction of sp³-hybridized carbons (Fsp3) is 0.318. The lowest BCUT2D eigenvalue weighted by Crippen LogP contribution is -2.29. The van der Waals surface area contributed by atoms with Crippen molar-refractivity contribution in [3.63, 3.8) is 0 Å². The maximum Gasteiger partial charge on any atom is 0.417 e. The van der Waals surface area contributed by atoms with Crippen molar-refractivity contribution in [2.45, 2.75) is 31.7 Å². The maximum absolute atomic E-state index is 13.7. The van der Waals surface area contributed by atoms with Gasteiger partial charge in [-0.15, -0.1) is 12.4 Å². The highest BCUT2D eigenvalue weighted by atomic mass is 35.5. The van der Waals surface area contributed by atoms with Gasteiger partial charge >= 0.3 is 6.18 Å². The van der Waals surface area contributed by atoms with Crippen LogP contribution in [0.2, 0.25) is 0 Å². The van der Waals surface area contributed by atoms with Gasteiger partial charge in [0.2, 0.25) is 0 Å². The predicted octanol–water partition coefficient (Wildman–Crippen LogP) is 5.49. The number of benzene rings is 2. The summed E-state index contributed by atoms with van der Waals surface area (Å²) in [7, 11) is 0. The molecule has 1 aliphatic heterocycles. The van der Waals surface area contributed by atoms with Gasteiger partial charge in [0, 0.05) is 11.8 Å². The fourth-order valence-corrected chi connectivity index (χ4v) is 3.59. The normalized spacial score (nSPS) is 14.9. The Morgan fingerprint density at radius 2 is 1.80 bits per heavy atom. The molecule has 1 saturated heterocycles. The molecule has 0 radical (unpaired) electrons. The summed E-state index contributed by atoms with van der Waals surface area (Å²) in [5.74, 6) is 0.190. The molecule has 30 heavy (non-hydrogen) atoms. The van der Waals surface area contributed by atoms with Crippen LogP contribution < -0.4 is 10.1 Å². The molecule has 0 aliphatic carbocycles. The highest BCUT2D eigenvalue weighted by Gasteiger charge is 2.34. The number of ether oxygens (including phenoxy) is 1. The second kappa shape index (κ2) is 9.53. The molecule has 2 heterocycles. The van der Waals surface area contributed by atoms with Gasteiger partial charge in [-0.25, -0.2) is 0 Å². The van der Waals surface area contributed by atoms with Crippen LogP contribution in [0.5, 0.6) is 5.75 Å². The number of piperidine rings is 1. The Kier molecular flexibility index (Phi) is 7.05. The van der Waals surface area contributed by atoms with Gasteiger partial charge in [-0.05, 0) is 55.3 Å². The van der Waals surface area contributed by atoms with Gasteiger partial charge in [0.05, 0.1) is 17.8 Å². The highest BCUT2D eigenvalue weighted by molar-refractivity contribution is 5.85. The number of hydrogen-bond donors (Lipinski definition) is 1. The molecule has 3 aromatic rings. The molecule has 1 fully saturated rings. The molecule has 0 bridgehead atoms. The average molecular weight is 438 g/mol. The number of nitrogens with zero attached hydrogens (tertiary/aromatic N) is 2. The monoisotopic (exact) mass is 437 g/mol. The van der Waals surface area contributed by atoms with E-state index in [0.717, 1.165) is 37.6 Å². The Labute approximate surface area is 179 Å².